The molecular weight excluding hydrogens is 260 g/mol. The number of rotatable bonds is 3. The molecule has 0 fully saturated rings. The summed E-state index contributed by atoms with van der Waals surface area (Å²) in [6, 6.07) is 7.34. The van der Waals surface area contributed by atoms with Crippen molar-refractivity contribution in [1.82, 2.24) is 9.55 Å². The predicted molar refractivity (Wildman–Crippen MR) is 79.9 cm³/mol. The molecule has 1 aromatic heterocycles. The van der Waals surface area contributed by atoms with Crippen molar-refractivity contribution in [2.45, 2.75) is 0 Å². The first-order valence-corrected chi connectivity index (χ1v) is 6.07. The molecule has 1 heterocycles. The van der Waals surface area contributed by atoms with Crippen molar-refractivity contribution in [3.05, 3.63) is 52.6 Å². The fraction of sp³-hybridized carbons (Fsp3) is 0.154. The third-order valence-electron chi connectivity index (χ3n) is 2.86. The van der Waals surface area contributed by atoms with E-state index >= 15 is 0 Å². The Labute approximate surface area is 116 Å². The van der Waals surface area contributed by atoms with Crippen LogP contribution in [0.25, 0.3) is 0 Å². The number of nitrogens with zero attached hydrogens (tertiary/aromatic N) is 3. The summed E-state index contributed by atoms with van der Waals surface area (Å²) in [5.74, 6) is 0.369. The Hall–Kier alpha value is -2.21. The maximum Gasteiger partial charge on any atom is 0.293 e. The van der Waals surface area contributed by atoms with Crippen molar-refractivity contribution in [2.24, 2.45) is 12.8 Å². The van der Waals surface area contributed by atoms with Gasteiger partial charge in [0.1, 0.15) is 4.99 Å². The van der Waals surface area contributed by atoms with Gasteiger partial charge in [-0.3, -0.25) is 4.79 Å². The van der Waals surface area contributed by atoms with Crippen LogP contribution in [0, 0.1) is 0 Å². The van der Waals surface area contributed by atoms with Crippen LogP contribution >= 0.6 is 12.2 Å². The van der Waals surface area contributed by atoms with Gasteiger partial charge in [0.2, 0.25) is 0 Å². The van der Waals surface area contributed by atoms with Crippen LogP contribution in [0.1, 0.15) is 5.56 Å². The molecule has 0 saturated heterocycles. The van der Waals surface area contributed by atoms with Gasteiger partial charge >= 0.3 is 0 Å². The molecule has 5 nitrogen and oxygen atoms in total. The molecule has 0 aliphatic carbocycles. The van der Waals surface area contributed by atoms with Gasteiger partial charge in [0, 0.05) is 37.7 Å². The zero-order valence-electron chi connectivity index (χ0n) is 10.7. The summed E-state index contributed by atoms with van der Waals surface area (Å²) in [6.07, 6.45) is 3.21. The zero-order chi connectivity index (χ0) is 14.0. The lowest BCUT2D eigenvalue weighted by molar-refractivity contribution is 0.833. The predicted octanol–water partition coefficient (Wildman–Crippen LogP) is 1.18. The Balaban J connectivity index is 2.39. The summed E-state index contributed by atoms with van der Waals surface area (Å²) in [5, 5.41) is 0. The van der Waals surface area contributed by atoms with E-state index in [0.717, 1.165) is 11.3 Å². The average Bonchev–Trinajstić information content (AvgIpc) is 2.41. The SMILES string of the molecule is CN(c1ccc(C(N)=S)cc1)c1nccn(C)c1=O. The molecule has 1 aromatic carbocycles. The Morgan fingerprint density at radius 1 is 1.37 bits per heavy atom. The minimum absolute atomic E-state index is 0.150. The third-order valence-corrected chi connectivity index (χ3v) is 3.09. The highest BCUT2D eigenvalue weighted by molar-refractivity contribution is 7.80. The molecule has 0 saturated carbocycles. The second-order valence-corrected chi connectivity index (χ2v) is 4.58. The van der Waals surface area contributed by atoms with Crippen LogP contribution in [0.4, 0.5) is 11.5 Å². The first kappa shape index (κ1) is 13.2. The lowest BCUT2D eigenvalue weighted by Crippen LogP contribution is -2.26. The van der Waals surface area contributed by atoms with Crippen LogP contribution in [0.15, 0.2) is 41.5 Å². The highest BCUT2D eigenvalue weighted by Crippen LogP contribution is 2.19. The summed E-state index contributed by atoms with van der Waals surface area (Å²) < 4.78 is 1.49. The number of hydrogen-bond acceptors (Lipinski definition) is 4. The fourth-order valence-corrected chi connectivity index (χ4v) is 1.82. The molecule has 0 unspecified atom stereocenters. The van der Waals surface area contributed by atoms with Gasteiger partial charge in [-0.15, -0.1) is 0 Å². The van der Waals surface area contributed by atoms with Gasteiger partial charge in [0.25, 0.3) is 5.56 Å². The van der Waals surface area contributed by atoms with Crippen molar-refractivity contribution in [1.29, 1.82) is 0 Å². The molecule has 2 rings (SSSR count). The summed E-state index contributed by atoms with van der Waals surface area (Å²) in [4.78, 5) is 18.2. The van der Waals surface area contributed by atoms with Gasteiger partial charge in [-0.25, -0.2) is 4.98 Å². The van der Waals surface area contributed by atoms with E-state index in [-0.39, 0.29) is 5.56 Å². The van der Waals surface area contributed by atoms with Gasteiger partial charge in [-0.05, 0) is 24.3 Å². The molecule has 19 heavy (non-hydrogen) atoms. The minimum atomic E-state index is -0.150. The van der Waals surface area contributed by atoms with Crippen LogP contribution in [0.2, 0.25) is 0 Å². The van der Waals surface area contributed by atoms with Crippen LogP contribution in [0.3, 0.4) is 0 Å². The van der Waals surface area contributed by atoms with Crippen molar-refractivity contribution < 1.29 is 0 Å². The third kappa shape index (κ3) is 2.63. The summed E-state index contributed by atoms with van der Waals surface area (Å²) in [7, 11) is 3.48. The maximum absolute atomic E-state index is 12.0. The second-order valence-electron chi connectivity index (χ2n) is 4.14. The average molecular weight is 274 g/mol. The normalized spacial score (nSPS) is 10.2. The number of anilines is 2. The molecule has 0 amide bonds. The zero-order valence-corrected chi connectivity index (χ0v) is 11.5. The van der Waals surface area contributed by atoms with E-state index in [0.29, 0.717) is 10.8 Å². The van der Waals surface area contributed by atoms with Crippen LogP contribution in [0.5, 0.6) is 0 Å². The van der Waals surface area contributed by atoms with E-state index in [2.05, 4.69) is 4.98 Å². The molecule has 0 spiro atoms. The standard InChI is InChI=1S/C13H14N4OS/c1-16-8-7-15-12(13(16)18)17(2)10-5-3-9(4-6-10)11(14)19/h3-8H,1-2H3,(H2,14,19). The molecule has 0 bridgehead atoms. The molecular formula is C13H14N4OS. The topological polar surface area (TPSA) is 64.2 Å². The highest BCUT2D eigenvalue weighted by Gasteiger charge is 2.10. The van der Waals surface area contributed by atoms with E-state index in [1.54, 1.807) is 31.4 Å². The largest absolute Gasteiger partial charge is 0.389 e. The quantitative estimate of drug-likeness (QED) is 0.852. The van der Waals surface area contributed by atoms with Gasteiger partial charge in [-0.1, -0.05) is 12.2 Å². The van der Waals surface area contributed by atoms with Crippen LogP contribution < -0.4 is 16.2 Å². The molecule has 2 aromatic rings. The van der Waals surface area contributed by atoms with Crippen molar-refractivity contribution in [3.8, 4) is 0 Å². The number of aromatic nitrogens is 2. The molecule has 0 aliphatic rings. The van der Waals surface area contributed by atoms with E-state index in [1.165, 1.54) is 4.57 Å². The maximum atomic E-state index is 12.0. The number of aryl methyl sites for hydroxylation is 1. The number of thiocarbonyl (C=S) groups is 1. The Kier molecular flexibility index (Phi) is 3.62. The number of hydrogen-bond donors (Lipinski definition) is 1. The Morgan fingerprint density at radius 3 is 2.58 bits per heavy atom. The minimum Gasteiger partial charge on any atom is -0.389 e. The lowest BCUT2D eigenvalue weighted by atomic mass is 10.2. The van der Waals surface area contributed by atoms with Crippen LogP contribution in [-0.2, 0) is 7.05 Å². The number of benzene rings is 1. The second kappa shape index (κ2) is 5.19. The van der Waals surface area contributed by atoms with Crippen LogP contribution in [-0.4, -0.2) is 21.6 Å². The lowest BCUT2D eigenvalue weighted by Gasteiger charge is -2.18. The molecule has 2 N–H and O–H groups in total. The Morgan fingerprint density at radius 2 is 2.00 bits per heavy atom. The van der Waals surface area contributed by atoms with Crippen molar-refractivity contribution in [3.63, 3.8) is 0 Å². The summed E-state index contributed by atoms with van der Waals surface area (Å²) in [6.45, 7) is 0. The van der Waals surface area contributed by atoms with Crippen molar-refractivity contribution in [2.75, 3.05) is 11.9 Å². The summed E-state index contributed by atoms with van der Waals surface area (Å²) >= 11 is 4.90. The fourth-order valence-electron chi connectivity index (χ4n) is 1.69. The van der Waals surface area contributed by atoms with E-state index in [9.17, 15) is 4.79 Å². The Bertz CT molecular complexity index is 663. The van der Waals surface area contributed by atoms with Gasteiger partial charge in [0.15, 0.2) is 5.82 Å². The van der Waals surface area contributed by atoms with E-state index in [4.69, 9.17) is 18.0 Å². The molecule has 0 aliphatic heterocycles. The van der Waals surface area contributed by atoms with Gasteiger partial charge < -0.3 is 15.2 Å². The molecule has 6 heteroatoms. The van der Waals surface area contributed by atoms with E-state index < -0.39 is 0 Å². The summed E-state index contributed by atoms with van der Waals surface area (Å²) in [5.41, 5.74) is 7.03. The first-order chi connectivity index (χ1) is 9.00. The van der Waals surface area contributed by atoms with Gasteiger partial charge in [0.05, 0.1) is 0 Å². The smallest absolute Gasteiger partial charge is 0.293 e. The first-order valence-electron chi connectivity index (χ1n) is 5.66. The van der Waals surface area contributed by atoms with Gasteiger partial charge in [-0.2, -0.15) is 0 Å². The molecule has 0 radical (unpaired) electrons. The number of nitrogens with two attached hydrogens (primary N) is 1. The molecule has 98 valence electrons. The molecule has 0 atom stereocenters. The highest BCUT2D eigenvalue weighted by atomic mass is 32.1. The van der Waals surface area contributed by atoms with Crippen molar-refractivity contribution >= 4 is 28.7 Å². The van der Waals surface area contributed by atoms with E-state index in [1.807, 2.05) is 24.3 Å². The monoisotopic (exact) mass is 274 g/mol.